The molecule has 4 rings (SSSR count). The molecule has 0 spiro atoms. The number of rotatable bonds is 8. The number of para-hydroxylation sites is 1. The van der Waals surface area contributed by atoms with Crippen molar-refractivity contribution in [1.29, 1.82) is 0 Å². The van der Waals surface area contributed by atoms with Gasteiger partial charge in [0, 0.05) is 56.6 Å². The Morgan fingerprint density at radius 2 is 1.85 bits per heavy atom. The van der Waals surface area contributed by atoms with Crippen LogP contribution in [0.4, 0.5) is 14.7 Å². The first-order chi connectivity index (χ1) is 15.9. The first-order valence-electron chi connectivity index (χ1n) is 11.0. The number of nitrogens with two attached hydrogens (primary N) is 1. The second-order valence-electron chi connectivity index (χ2n) is 8.29. The summed E-state index contributed by atoms with van der Waals surface area (Å²) in [6.07, 6.45) is 1.73. The molecule has 1 aliphatic heterocycles. The second kappa shape index (κ2) is 10.2. The molecule has 0 radical (unpaired) electrons. The summed E-state index contributed by atoms with van der Waals surface area (Å²) in [6.45, 7) is 4.59. The molecule has 2 N–H and O–H groups in total. The molecule has 8 nitrogen and oxygen atoms in total. The Labute approximate surface area is 192 Å². The monoisotopic (exact) mass is 457 g/mol. The third kappa shape index (κ3) is 5.82. The smallest absolute Gasteiger partial charge is 0.333 e. The van der Waals surface area contributed by atoms with Crippen molar-refractivity contribution in [2.45, 2.75) is 19.9 Å². The fourth-order valence-corrected chi connectivity index (χ4v) is 3.94. The van der Waals surface area contributed by atoms with E-state index in [0.717, 1.165) is 44.0 Å². The topological polar surface area (TPSA) is 85.3 Å². The van der Waals surface area contributed by atoms with Crippen LogP contribution in [0.2, 0.25) is 0 Å². The average molecular weight is 458 g/mol. The first-order valence-corrected chi connectivity index (χ1v) is 11.0. The Morgan fingerprint density at radius 3 is 2.58 bits per heavy atom. The summed E-state index contributed by atoms with van der Waals surface area (Å²) < 4.78 is 33.6. The molecule has 0 saturated carbocycles. The molecule has 1 fully saturated rings. The van der Waals surface area contributed by atoms with Crippen molar-refractivity contribution in [3.8, 4) is 17.1 Å². The number of likely N-dealkylation sites (N-methyl/N-ethyl adjacent to an activating group) is 1. The number of anilines is 1. The minimum atomic E-state index is -2.76. The lowest BCUT2D eigenvalue weighted by Gasteiger charge is -2.32. The zero-order chi connectivity index (χ0) is 23.4. The number of ether oxygens (including phenoxy) is 1. The molecule has 0 amide bonds. The van der Waals surface area contributed by atoms with E-state index in [1.807, 2.05) is 24.3 Å². The lowest BCUT2D eigenvalue weighted by atomic mass is 10.0. The van der Waals surface area contributed by atoms with Crippen molar-refractivity contribution in [3.63, 3.8) is 0 Å². The van der Waals surface area contributed by atoms with Gasteiger partial charge in [0.1, 0.15) is 18.1 Å². The second-order valence-corrected chi connectivity index (χ2v) is 8.29. The number of halogens is 2. The van der Waals surface area contributed by atoms with Crippen molar-refractivity contribution < 1.29 is 13.5 Å². The standard InChI is InChI=1S/C23H29F2N7O/c1-16-13-19(28-23(26)27-16)21-18(15-32(29-21)22(24)25)14-17-5-3-4-6-20(17)33-12-11-31-9-7-30(2)8-10-31/h3-6,13,15,22H,7-12,14H2,1-2H3,(H2,26,27,28). The van der Waals surface area contributed by atoms with E-state index in [1.165, 1.54) is 6.20 Å². The van der Waals surface area contributed by atoms with Crippen molar-refractivity contribution >= 4 is 5.95 Å². The van der Waals surface area contributed by atoms with Crippen molar-refractivity contribution in [3.05, 3.63) is 53.3 Å². The number of hydrogen-bond acceptors (Lipinski definition) is 7. The van der Waals surface area contributed by atoms with Crippen LogP contribution in [-0.4, -0.2) is 75.9 Å². The summed E-state index contributed by atoms with van der Waals surface area (Å²) in [5.41, 5.74) is 8.71. The number of benzene rings is 1. The molecule has 33 heavy (non-hydrogen) atoms. The Kier molecular flexibility index (Phi) is 7.14. The van der Waals surface area contributed by atoms with Gasteiger partial charge in [-0.25, -0.2) is 14.6 Å². The molecule has 1 saturated heterocycles. The van der Waals surface area contributed by atoms with Gasteiger partial charge in [-0.15, -0.1) is 0 Å². The largest absolute Gasteiger partial charge is 0.492 e. The lowest BCUT2D eigenvalue weighted by Crippen LogP contribution is -2.45. The molecular formula is C23H29F2N7O. The summed E-state index contributed by atoms with van der Waals surface area (Å²) in [5, 5.41) is 4.09. The third-order valence-corrected chi connectivity index (χ3v) is 5.74. The van der Waals surface area contributed by atoms with Gasteiger partial charge in [0.05, 0.1) is 5.69 Å². The normalized spacial score (nSPS) is 15.3. The summed E-state index contributed by atoms with van der Waals surface area (Å²) in [7, 11) is 2.13. The van der Waals surface area contributed by atoms with Crippen molar-refractivity contribution in [1.82, 2.24) is 29.5 Å². The van der Waals surface area contributed by atoms with Crippen LogP contribution in [0.3, 0.4) is 0 Å². The molecule has 0 unspecified atom stereocenters. The quantitative estimate of drug-likeness (QED) is 0.557. The molecule has 1 aliphatic rings. The van der Waals surface area contributed by atoms with Gasteiger partial charge >= 0.3 is 6.55 Å². The van der Waals surface area contributed by atoms with Crippen molar-refractivity contribution in [2.75, 3.05) is 52.1 Å². The van der Waals surface area contributed by atoms with Crippen LogP contribution < -0.4 is 10.5 Å². The number of aromatic nitrogens is 4. The van der Waals surface area contributed by atoms with Crippen molar-refractivity contribution in [2.24, 2.45) is 0 Å². The molecular weight excluding hydrogens is 428 g/mol. The molecule has 1 aromatic carbocycles. The van der Waals surface area contributed by atoms with E-state index in [4.69, 9.17) is 10.5 Å². The maximum absolute atomic E-state index is 13.4. The van der Waals surface area contributed by atoms with E-state index >= 15 is 0 Å². The molecule has 0 aliphatic carbocycles. The highest BCUT2D eigenvalue weighted by molar-refractivity contribution is 5.61. The number of nitrogen functional groups attached to an aromatic ring is 1. The molecule has 10 heteroatoms. The van der Waals surface area contributed by atoms with Gasteiger partial charge in [-0.1, -0.05) is 18.2 Å². The fraction of sp³-hybridized carbons (Fsp3) is 0.435. The predicted octanol–water partition coefficient (Wildman–Crippen LogP) is 2.84. The molecule has 2 aromatic heterocycles. The average Bonchev–Trinajstić information content (AvgIpc) is 3.20. The fourth-order valence-electron chi connectivity index (χ4n) is 3.94. The molecule has 0 atom stereocenters. The Balaban J connectivity index is 1.53. The van der Waals surface area contributed by atoms with Crippen LogP contribution in [0.25, 0.3) is 11.4 Å². The summed E-state index contributed by atoms with van der Waals surface area (Å²) in [4.78, 5) is 13.0. The molecule has 3 heterocycles. The first kappa shape index (κ1) is 23.1. The van der Waals surface area contributed by atoms with Gasteiger partial charge in [-0.3, -0.25) is 4.90 Å². The highest BCUT2D eigenvalue weighted by atomic mass is 19.3. The van der Waals surface area contributed by atoms with E-state index < -0.39 is 6.55 Å². The number of nitrogens with zero attached hydrogens (tertiary/aromatic N) is 6. The van der Waals surface area contributed by atoms with Crippen LogP contribution in [0.15, 0.2) is 36.5 Å². The zero-order valence-electron chi connectivity index (χ0n) is 18.9. The zero-order valence-corrected chi connectivity index (χ0v) is 18.9. The van der Waals surface area contributed by atoms with Crippen LogP contribution >= 0.6 is 0 Å². The Bertz CT molecular complexity index is 1060. The lowest BCUT2D eigenvalue weighted by molar-refractivity contribution is 0.0567. The van der Waals surface area contributed by atoms with E-state index in [9.17, 15) is 8.78 Å². The summed E-state index contributed by atoms with van der Waals surface area (Å²) in [5.74, 6) is 0.816. The predicted molar refractivity (Wildman–Crippen MR) is 122 cm³/mol. The van der Waals surface area contributed by atoms with Gasteiger partial charge in [0.15, 0.2) is 0 Å². The number of piperazine rings is 1. The van der Waals surface area contributed by atoms with Gasteiger partial charge in [0.25, 0.3) is 0 Å². The van der Waals surface area contributed by atoms with Gasteiger partial charge in [-0.05, 0) is 31.7 Å². The Morgan fingerprint density at radius 1 is 1.09 bits per heavy atom. The SMILES string of the molecule is Cc1cc(-c2nn(C(F)F)cc2Cc2ccccc2OCCN2CCN(C)CC2)nc(N)n1. The van der Waals surface area contributed by atoms with E-state index in [1.54, 1.807) is 13.0 Å². The number of alkyl halides is 2. The van der Waals surface area contributed by atoms with Crippen LogP contribution in [0, 0.1) is 6.92 Å². The van der Waals surface area contributed by atoms with Gasteiger partial charge in [-0.2, -0.15) is 13.9 Å². The third-order valence-electron chi connectivity index (χ3n) is 5.74. The van der Waals surface area contributed by atoms with E-state index in [-0.39, 0.29) is 5.95 Å². The summed E-state index contributed by atoms with van der Waals surface area (Å²) in [6, 6.07) is 9.35. The minimum absolute atomic E-state index is 0.0789. The maximum Gasteiger partial charge on any atom is 0.333 e. The highest BCUT2D eigenvalue weighted by Gasteiger charge is 2.19. The van der Waals surface area contributed by atoms with Crippen LogP contribution in [0.5, 0.6) is 5.75 Å². The van der Waals surface area contributed by atoms with Crippen LogP contribution in [-0.2, 0) is 6.42 Å². The summed E-state index contributed by atoms with van der Waals surface area (Å²) >= 11 is 0. The number of aryl methyl sites for hydroxylation is 1. The van der Waals surface area contributed by atoms with Gasteiger partial charge < -0.3 is 15.4 Å². The minimum Gasteiger partial charge on any atom is -0.492 e. The van der Waals surface area contributed by atoms with E-state index in [0.29, 0.717) is 40.4 Å². The maximum atomic E-state index is 13.4. The Hall–Kier alpha value is -3.11. The van der Waals surface area contributed by atoms with Gasteiger partial charge in [0.2, 0.25) is 5.95 Å². The highest BCUT2D eigenvalue weighted by Crippen LogP contribution is 2.29. The van der Waals surface area contributed by atoms with E-state index in [2.05, 4.69) is 31.9 Å². The molecule has 0 bridgehead atoms. The number of hydrogen-bond donors (Lipinski definition) is 1. The molecule has 3 aromatic rings. The molecule has 176 valence electrons. The van der Waals surface area contributed by atoms with Crippen LogP contribution in [0.1, 0.15) is 23.4 Å².